The third-order valence-corrected chi connectivity index (χ3v) is 6.80. The molecule has 0 radical (unpaired) electrons. The van der Waals surface area contributed by atoms with E-state index in [2.05, 4.69) is 0 Å². The van der Waals surface area contributed by atoms with E-state index in [1.165, 1.54) is 27.4 Å². The van der Waals surface area contributed by atoms with E-state index in [0.29, 0.717) is 41.2 Å². The van der Waals surface area contributed by atoms with Crippen molar-refractivity contribution >= 4 is 18.0 Å². The van der Waals surface area contributed by atoms with Crippen molar-refractivity contribution in [2.45, 2.75) is 43.2 Å². The fourth-order valence-corrected chi connectivity index (χ4v) is 4.98. The van der Waals surface area contributed by atoms with Gasteiger partial charge in [-0.15, -0.1) is 0 Å². The van der Waals surface area contributed by atoms with Gasteiger partial charge >= 0.3 is 11.9 Å². The molecule has 36 heavy (non-hydrogen) atoms. The van der Waals surface area contributed by atoms with Crippen LogP contribution in [-0.2, 0) is 14.3 Å². The largest absolute Gasteiger partial charge is 0.493 e. The predicted molar refractivity (Wildman–Crippen MR) is 131 cm³/mol. The minimum atomic E-state index is -0.869. The quantitative estimate of drug-likeness (QED) is 0.435. The first kappa shape index (κ1) is 25.5. The molecule has 0 aromatic heterocycles. The highest BCUT2D eigenvalue weighted by Gasteiger charge is 2.53. The average molecular weight is 498 g/mol. The zero-order valence-electron chi connectivity index (χ0n) is 20.7. The maximum atomic E-state index is 12.6. The zero-order chi connectivity index (χ0) is 25.8. The zero-order valence-corrected chi connectivity index (χ0v) is 20.7. The van der Waals surface area contributed by atoms with Crippen LogP contribution in [0.1, 0.15) is 28.8 Å². The Balaban J connectivity index is 1.41. The van der Waals surface area contributed by atoms with Gasteiger partial charge in [-0.05, 0) is 43.0 Å². The number of piperidine rings is 1. The summed E-state index contributed by atoms with van der Waals surface area (Å²) in [7, 11) is 6.45. The molecule has 2 fully saturated rings. The molecule has 0 saturated carbocycles. The number of fused-ring (bicyclic) bond motifs is 2. The number of rotatable bonds is 8. The molecule has 0 aliphatic carbocycles. The molecule has 2 aliphatic rings. The number of hydrogen-bond acceptors (Lipinski definition) is 9. The summed E-state index contributed by atoms with van der Waals surface area (Å²) in [5.41, 5.74) is 1.10. The van der Waals surface area contributed by atoms with Gasteiger partial charge < -0.3 is 28.8 Å². The van der Waals surface area contributed by atoms with Crippen LogP contribution < -0.4 is 14.2 Å². The first-order chi connectivity index (χ1) is 17.4. The van der Waals surface area contributed by atoms with Crippen LogP contribution in [0.15, 0.2) is 48.5 Å². The van der Waals surface area contributed by atoms with E-state index in [0.717, 1.165) is 0 Å². The number of carbonyl (C=O) groups is 2. The first-order valence-corrected chi connectivity index (χ1v) is 11.7. The molecule has 4 rings (SSSR count). The Labute approximate surface area is 210 Å². The number of benzene rings is 2. The number of methoxy groups -OCH3 is 3. The van der Waals surface area contributed by atoms with Gasteiger partial charge in [-0.3, -0.25) is 4.90 Å². The van der Waals surface area contributed by atoms with Gasteiger partial charge in [-0.25, -0.2) is 9.59 Å². The van der Waals surface area contributed by atoms with Crippen LogP contribution in [-0.4, -0.2) is 80.7 Å². The molecule has 0 unspecified atom stereocenters. The number of hydrogen-bond donors (Lipinski definition) is 1. The lowest BCUT2D eigenvalue weighted by atomic mass is 10.00. The summed E-state index contributed by atoms with van der Waals surface area (Å²) in [6.07, 6.45) is 1.85. The third-order valence-electron chi connectivity index (χ3n) is 6.80. The molecule has 9 nitrogen and oxygen atoms in total. The van der Waals surface area contributed by atoms with Gasteiger partial charge in [-0.2, -0.15) is 0 Å². The van der Waals surface area contributed by atoms with E-state index in [1.54, 1.807) is 42.5 Å². The second kappa shape index (κ2) is 11.0. The molecule has 192 valence electrons. The molecule has 2 bridgehead atoms. The Morgan fingerprint density at radius 1 is 0.944 bits per heavy atom. The van der Waals surface area contributed by atoms with Crippen LogP contribution >= 0.6 is 0 Å². The normalized spacial score (nSPS) is 25.4. The van der Waals surface area contributed by atoms with E-state index >= 15 is 0 Å². The van der Waals surface area contributed by atoms with Crippen molar-refractivity contribution in [3.05, 3.63) is 59.7 Å². The molecule has 0 amide bonds. The van der Waals surface area contributed by atoms with Crippen molar-refractivity contribution in [2.75, 3.05) is 28.4 Å². The first-order valence-electron chi connectivity index (χ1n) is 11.7. The molecular formula is C27H31NO8. The van der Waals surface area contributed by atoms with Crippen LogP contribution in [0.2, 0.25) is 0 Å². The maximum absolute atomic E-state index is 12.6. The van der Waals surface area contributed by atoms with Crippen LogP contribution in [0.5, 0.6) is 17.2 Å². The van der Waals surface area contributed by atoms with Crippen molar-refractivity contribution in [3.8, 4) is 17.2 Å². The van der Waals surface area contributed by atoms with E-state index < -0.39 is 30.3 Å². The molecule has 2 heterocycles. The van der Waals surface area contributed by atoms with Gasteiger partial charge in [-0.1, -0.05) is 18.2 Å². The van der Waals surface area contributed by atoms with E-state index in [-0.39, 0.29) is 12.1 Å². The number of likely N-dealkylation sites (N-methyl/N-ethyl adjacent to an activating group) is 1. The van der Waals surface area contributed by atoms with Gasteiger partial charge in [0, 0.05) is 25.0 Å². The van der Waals surface area contributed by atoms with Gasteiger partial charge in [0.25, 0.3) is 0 Å². The maximum Gasteiger partial charge on any atom is 0.338 e. The molecule has 1 N–H and O–H groups in total. The fraction of sp³-hybridized carbons (Fsp3) is 0.407. The van der Waals surface area contributed by atoms with E-state index in [1.807, 2.05) is 18.0 Å². The van der Waals surface area contributed by atoms with Crippen LogP contribution in [0.25, 0.3) is 6.08 Å². The van der Waals surface area contributed by atoms with Crippen molar-refractivity contribution in [1.82, 2.24) is 4.90 Å². The number of aliphatic hydroxyl groups excluding tert-OH is 1. The Hall–Kier alpha value is -3.56. The summed E-state index contributed by atoms with van der Waals surface area (Å²) >= 11 is 0. The number of carbonyl (C=O) groups excluding carboxylic acids is 2. The highest BCUT2D eigenvalue weighted by atomic mass is 16.6. The van der Waals surface area contributed by atoms with Crippen molar-refractivity contribution in [3.63, 3.8) is 0 Å². The SMILES string of the molecule is COc1cc(C=CC(=O)O[C@@H]2C[C@@H]3[C@@H](O)[C@@H](OC(=O)c4ccccc4)[C@H](C2)N3C)cc(OC)c1OC. The van der Waals surface area contributed by atoms with Gasteiger partial charge in [0.15, 0.2) is 11.5 Å². The van der Waals surface area contributed by atoms with E-state index in [4.69, 9.17) is 23.7 Å². The fourth-order valence-electron chi connectivity index (χ4n) is 4.98. The topological polar surface area (TPSA) is 104 Å². The Kier molecular flexibility index (Phi) is 7.81. The molecule has 2 aromatic carbocycles. The van der Waals surface area contributed by atoms with E-state index in [9.17, 15) is 14.7 Å². The lowest BCUT2D eigenvalue weighted by Crippen LogP contribution is -2.46. The van der Waals surface area contributed by atoms with Gasteiger partial charge in [0.1, 0.15) is 18.3 Å². The van der Waals surface area contributed by atoms with Crippen molar-refractivity contribution in [2.24, 2.45) is 0 Å². The number of nitrogens with zero attached hydrogens (tertiary/aromatic N) is 1. The second-order valence-corrected chi connectivity index (χ2v) is 8.85. The monoisotopic (exact) mass is 497 g/mol. The minimum Gasteiger partial charge on any atom is -0.493 e. The lowest BCUT2D eigenvalue weighted by Gasteiger charge is -2.35. The summed E-state index contributed by atoms with van der Waals surface area (Å²) in [5.74, 6) is 0.415. The summed E-state index contributed by atoms with van der Waals surface area (Å²) < 4.78 is 27.4. The third kappa shape index (κ3) is 5.17. The number of ether oxygens (including phenoxy) is 5. The summed E-state index contributed by atoms with van der Waals surface area (Å²) in [4.78, 5) is 27.2. The standard InChI is InChI=1S/C27H31NO8/c1-28-19-14-18(15-20(28)25(24(19)30)36-27(31)17-8-6-5-7-9-17)35-23(29)11-10-16-12-21(32-2)26(34-4)22(13-16)33-3/h5-13,18-20,24-25,30H,14-15H2,1-4H3/t18-,19-,20+,24-,25+/m1/s1. The van der Waals surface area contributed by atoms with Gasteiger partial charge in [0.05, 0.1) is 32.9 Å². The summed E-state index contributed by atoms with van der Waals surface area (Å²) in [6, 6.07) is 11.6. The van der Waals surface area contributed by atoms with Crippen LogP contribution in [0.3, 0.4) is 0 Å². The minimum absolute atomic E-state index is 0.261. The number of esters is 2. The van der Waals surface area contributed by atoms with Crippen LogP contribution in [0.4, 0.5) is 0 Å². The highest BCUT2D eigenvalue weighted by Crippen LogP contribution is 2.39. The summed E-state index contributed by atoms with van der Waals surface area (Å²) in [5, 5.41) is 10.9. The molecule has 0 spiro atoms. The lowest BCUT2D eigenvalue weighted by molar-refractivity contribution is -0.146. The Bertz CT molecular complexity index is 1090. The number of aliphatic hydroxyl groups is 1. The highest BCUT2D eigenvalue weighted by molar-refractivity contribution is 5.89. The molecule has 5 atom stereocenters. The van der Waals surface area contributed by atoms with Gasteiger partial charge in [0.2, 0.25) is 5.75 Å². The van der Waals surface area contributed by atoms with Crippen LogP contribution in [0, 0.1) is 0 Å². The second-order valence-electron chi connectivity index (χ2n) is 8.85. The summed E-state index contributed by atoms with van der Waals surface area (Å²) in [6.45, 7) is 0. The molecule has 2 saturated heterocycles. The van der Waals surface area contributed by atoms with Crippen molar-refractivity contribution in [1.29, 1.82) is 0 Å². The molecule has 9 heteroatoms. The predicted octanol–water partition coefficient (Wildman–Crippen LogP) is 2.70. The Morgan fingerprint density at radius 2 is 1.58 bits per heavy atom. The molecule has 2 aliphatic heterocycles. The molecular weight excluding hydrogens is 466 g/mol. The van der Waals surface area contributed by atoms with Crippen molar-refractivity contribution < 1.29 is 38.4 Å². The Morgan fingerprint density at radius 3 is 2.19 bits per heavy atom. The smallest absolute Gasteiger partial charge is 0.338 e. The molecule has 2 aromatic rings. The average Bonchev–Trinajstić information content (AvgIpc) is 3.01.